The Morgan fingerprint density at radius 1 is 1.35 bits per heavy atom. The highest BCUT2D eigenvalue weighted by Gasteiger charge is 2.19. The van der Waals surface area contributed by atoms with Crippen LogP contribution >= 0.6 is 0 Å². The first-order valence-electron chi connectivity index (χ1n) is 5.78. The highest BCUT2D eigenvalue weighted by atomic mass is 16.2. The molecule has 3 N–H and O–H groups in total. The molecule has 92 valence electrons. The Labute approximate surface area is 98.2 Å². The zero-order valence-corrected chi connectivity index (χ0v) is 9.80. The van der Waals surface area contributed by atoms with E-state index in [9.17, 15) is 9.59 Å². The molecule has 1 saturated heterocycles. The summed E-state index contributed by atoms with van der Waals surface area (Å²) in [6, 6.07) is 0. The number of nitrogens with one attached hydrogen (secondary N) is 3. The van der Waals surface area contributed by atoms with Crippen molar-refractivity contribution in [2.45, 2.75) is 32.7 Å². The molecule has 1 aliphatic rings. The summed E-state index contributed by atoms with van der Waals surface area (Å²) in [6.07, 6.45) is 2.31. The first kappa shape index (κ1) is 11.6. The van der Waals surface area contributed by atoms with E-state index in [1.807, 2.05) is 11.8 Å². The van der Waals surface area contributed by atoms with Crippen LogP contribution in [-0.4, -0.2) is 27.2 Å². The van der Waals surface area contributed by atoms with Crippen molar-refractivity contribution in [2.75, 3.05) is 6.54 Å². The molecule has 1 fully saturated rings. The maximum Gasteiger partial charge on any atom is 0.325 e. The number of likely N-dealkylation sites (tertiary alicyclic amines) is 1. The van der Waals surface area contributed by atoms with Gasteiger partial charge in [-0.1, -0.05) is 6.92 Å². The first-order valence-corrected chi connectivity index (χ1v) is 5.78. The first-order chi connectivity index (χ1) is 8.11. The van der Waals surface area contributed by atoms with E-state index in [-0.39, 0.29) is 5.56 Å². The minimum absolute atomic E-state index is 0.322. The Hall–Kier alpha value is -1.85. The number of H-pyrrole nitrogens is 2. The van der Waals surface area contributed by atoms with Crippen molar-refractivity contribution >= 4 is 5.84 Å². The topological polar surface area (TPSA) is 92.8 Å². The predicted molar refractivity (Wildman–Crippen MR) is 64.4 cm³/mol. The van der Waals surface area contributed by atoms with Crippen molar-refractivity contribution in [3.05, 3.63) is 32.1 Å². The average Bonchev–Trinajstić information content (AvgIpc) is 2.64. The van der Waals surface area contributed by atoms with Gasteiger partial charge in [-0.3, -0.25) is 15.2 Å². The lowest BCUT2D eigenvalue weighted by atomic mass is 10.1. The fourth-order valence-electron chi connectivity index (χ4n) is 2.16. The normalized spacial score (nSPS) is 15.6. The van der Waals surface area contributed by atoms with Gasteiger partial charge in [-0.05, 0) is 12.8 Å². The highest BCUT2D eigenvalue weighted by molar-refractivity contribution is 5.80. The lowest BCUT2D eigenvalue weighted by molar-refractivity contribution is 0.436. The average molecular weight is 236 g/mol. The Morgan fingerprint density at radius 3 is 2.71 bits per heavy atom. The predicted octanol–water partition coefficient (Wildman–Crippen LogP) is 0.199. The second-order valence-electron chi connectivity index (χ2n) is 4.19. The third-order valence-electron chi connectivity index (χ3n) is 3.06. The Morgan fingerprint density at radius 2 is 2.12 bits per heavy atom. The summed E-state index contributed by atoms with van der Waals surface area (Å²) >= 11 is 0. The van der Waals surface area contributed by atoms with Crippen molar-refractivity contribution in [2.24, 2.45) is 0 Å². The molecule has 0 unspecified atom stereocenters. The smallest absolute Gasteiger partial charge is 0.325 e. The molecule has 0 radical (unpaired) electrons. The number of aromatic nitrogens is 2. The van der Waals surface area contributed by atoms with Crippen LogP contribution in [0, 0.1) is 5.41 Å². The van der Waals surface area contributed by atoms with Gasteiger partial charge in [0.15, 0.2) is 0 Å². The maximum atomic E-state index is 11.6. The molecule has 0 saturated carbocycles. The van der Waals surface area contributed by atoms with Gasteiger partial charge >= 0.3 is 5.69 Å². The number of aromatic amines is 2. The van der Waals surface area contributed by atoms with Crippen LogP contribution in [0.2, 0.25) is 0 Å². The van der Waals surface area contributed by atoms with Gasteiger partial charge in [0.25, 0.3) is 5.56 Å². The summed E-state index contributed by atoms with van der Waals surface area (Å²) in [5.41, 5.74) is 0.433. The fraction of sp³-hybridized carbons (Fsp3) is 0.545. The Kier molecular flexibility index (Phi) is 3.12. The van der Waals surface area contributed by atoms with Crippen LogP contribution in [-0.2, 0) is 13.0 Å². The number of hydrogen-bond acceptors (Lipinski definition) is 3. The van der Waals surface area contributed by atoms with Crippen LogP contribution in [0.4, 0.5) is 0 Å². The van der Waals surface area contributed by atoms with Crippen LogP contribution in [0.3, 0.4) is 0 Å². The molecule has 1 aliphatic heterocycles. The van der Waals surface area contributed by atoms with E-state index >= 15 is 0 Å². The quantitative estimate of drug-likeness (QED) is 0.699. The van der Waals surface area contributed by atoms with Gasteiger partial charge < -0.3 is 9.88 Å². The van der Waals surface area contributed by atoms with Gasteiger partial charge in [0.05, 0.1) is 12.4 Å². The molecule has 2 rings (SSSR count). The van der Waals surface area contributed by atoms with Crippen LogP contribution in [0.25, 0.3) is 0 Å². The van der Waals surface area contributed by atoms with E-state index in [0.717, 1.165) is 19.4 Å². The lowest BCUT2D eigenvalue weighted by Gasteiger charge is -2.18. The Balaban J connectivity index is 2.34. The molecular weight excluding hydrogens is 220 g/mol. The van der Waals surface area contributed by atoms with E-state index < -0.39 is 5.69 Å². The Bertz CT molecular complexity index is 543. The van der Waals surface area contributed by atoms with Crippen molar-refractivity contribution in [3.63, 3.8) is 0 Å². The van der Waals surface area contributed by atoms with Crippen molar-refractivity contribution < 1.29 is 0 Å². The highest BCUT2D eigenvalue weighted by Crippen LogP contribution is 2.13. The summed E-state index contributed by atoms with van der Waals surface area (Å²) in [7, 11) is 0. The summed E-state index contributed by atoms with van der Waals surface area (Å²) in [4.78, 5) is 29.6. The molecule has 17 heavy (non-hydrogen) atoms. The second kappa shape index (κ2) is 4.57. The molecular formula is C11H16N4O2. The molecule has 0 atom stereocenters. The molecule has 0 amide bonds. The van der Waals surface area contributed by atoms with E-state index in [1.54, 1.807) is 0 Å². The monoisotopic (exact) mass is 236 g/mol. The van der Waals surface area contributed by atoms with E-state index in [4.69, 9.17) is 5.41 Å². The lowest BCUT2D eigenvalue weighted by Crippen LogP contribution is -2.32. The minimum atomic E-state index is -0.479. The van der Waals surface area contributed by atoms with Crippen molar-refractivity contribution in [1.29, 1.82) is 5.41 Å². The maximum absolute atomic E-state index is 11.6. The van der Waals surface area contributed by atoms with Crippen LogP contribution < -0.4 is 11.2 Å². The molecule has 6 heteroatoms. The van der Waals surface area contributed by atoms with Gasteiger partial charge in [-0.25, -0.2) is 4.79 Å². The van der Waals surface area contributed by atoms with Crippen LogP contribution in [0.5, 0.6) is 0 Å². The molecule has 2 heterocycles. The van der Waals surface area contributed by atoms with E-state index in [0.29, 0.717) is 30.1 Å². The zero-order valence-electron chi connectivity index (χ0n) is 9.80. The van der Waals surface area contributed by atoms with Crippen LogP contribution in [0.15, 0.2) is 9.59 Å². The summed E-state index contributed by atoms with van der Waals surface area (Å²) in [6.45, 7) is 3.14. The third kappa shape index (κ3) is 2.30. The van der Waals surface area contributed by atoms with E-state index in [2.05, 4.69) is 9.97 Å². The fourth-order valence-corrected chi connectivity index (χ4v) is 2.16. The summed E-state index contributed by atoms with van der Waals surface area (Å²) < 4.78 is 0. The molecule has 1 aromatic heterocycles. The van der Waals surface area contributed by atoms with Crippen molar-refractivity contribution in [1.82, 2.24) is 14.9 Å². The largest absolute Gasteiger partial charge is 0.355 e. The van der Waals surface area contributed by atoms with Crippen molar-refractivity contribution in [3.8, 4) is 0 Å². The molecule has 6 nitrogen and oxygen atoms in total. The van der Waals surface area contributed by atoms with Gasteiger partial charge in [-0.2, -0.15) is 0 Å². The molecule has 0 aromatic carbocycles. The number of hydrogen-bond donors (Lipinski definition) is 3. The third-order valence-corrected chi connectivity index (χ3v) is 3.06. The minimum Gasteiger partial charge on any atom is -0.355 e. The number of nitrogens with zero attached hydrogens (tertiary/aromatic N) is 1. The van der Waals surface area contributed by atoms with Gasteiger partial charge in [0.2, 0.25) is 0 Å². The van der Waals surface area contributed by atoms with E-state index in [1.165, 1.54) is 0 Å². The zero-order chi connectivity index (χ0) is 12.4. The SMILES string of the molecule is CCc1c(CN2CCCC2=N)[nH]c(=O)[nH]c1=O. The second-order valence-corrected chi connectivity index (χ2v) is 4.19. The number of rotatable bonds is 3. The van der Waals surface area contributed by atoms with Crippen LogP contribution in [0.1, 0.15) is 31.0 Å². The summed E-state index contributed by atoms with van der Waals surface area (Å²) in [5, 5.41) is 7.74. The summed E-state index contributed by atoms with van der Waals surface area (Å²) in [5.74, 6) is 0.577. The molecule has 0 aliphatic carbocycles. The standard InChI is InChI=1S/C11H16N4O2/c1-2-7-8(13-11(17)14-10(7)16)6-15-5-3-4-9(15)12/h12H,2-6H2,1H3,(H2,13,14,16,17). The molecule has 1 aromatic rings. The van der Waals surface area contributed by atoms with Gasteiger partial charge in [0, 0.05) is 24.2 Å². The number of amidine groups is 1. The van der Waals surface area contributed by atoms with Gasteiger partial charge in [-0.15, -0.1) is 0 Å². The van der Waals surface area contributed by atoms with Gasteiger partial charge in [0.1, 0.15) is 0 Å². The molecule has 0 spiro atoms. The molecule has 0 bridgehead atoms.